The lowest BCUT2D eigenvalue weighted by molar-refractivity contribution is -0.211. The van der Waals surface area contributed by atoms with Gasteiger partial charge in [-0.3, -0.25) is 0 Å². The van der Waals surface area contributed by atoms with Crippen LogP contribution in [0.2, 0.25) is 0 Å². The van der Waals surface area contributed by atoms with Gasteiger partial charge in [-0.05, 0) is 67.6 Å². The predicted octanol–water partition coefficient (Wildman–Crippen LogP) is 1.01. The SMILES string of the molecule is CC12CCC3(O)OC(=O)C=C3C1CCC13CC(O)(CO)C(O)(CCC12)C3. The Bertz CT molecular complexity index is 717. The summed E-state index contributed by atoms with van der Waals surface area (Å²) in [5, 5.41) is 42.6. The highest BCUT2D eigenvalue weighted by molar-refractivity contribution is 5.86. The number of hydrogen-bond acceptors (Lipinski definition) is 6. The number of aliphatic hydroxyl groups excluding tert-OH is 1. The summed E-state index contributed by atoms with van der Waals surface area (Å²) in [6.45, 7) is 1.83. The van der Waals surface area contributed by atoms with Crippen LogP contribution in [0.3, 0.4) is 0 Å². The van der Waals surface area contributed by atoms with Crippen LogP contribution in [0.15, 0.2) is 11.6 Å². The van der Waals surface area contributed by atoms with E-state index in [1.807, 2.05) is 0 Å². The topological polar surface area (TPSA) is 107 Å². The Kier molecular flexibility index (Phi) is 3.11. The maximum atomic E-state index is 11.8. The molecular weight excluding hydrogens is 336 g/mol. The third kappa shape index (κ3) is 1.79. The van der Waals surface area contributed by atoms with E-state index in [1.54, 1.807) is 0 Å². The van der Waals surface area contributed by atoms with Gasteiger partial charge in [0, 0.05) is 18.1 Å². The maximum absolute atomic E-state index is 11.8. The summed E-state index contributed by atoms with van der Waals surface area (Å²) < 4.78 is 5.22. The van der Waals surface area contributed by atoms with Gasteiger partial charge < -0.3 is 25.2 Å². The predicted molar refractivity (Wildman–Crippen MR) is 90.6 cm³/mol. The fourth-order valence-electron chi connectivity index (χ4n) is 7.76. The van der Waals surface area contributed by atoms with Gasteiger partial charge >= 0.3 is 5.97 Å². The minimum atomic E-state index is -1.44. The van der Waals surface area contributed by atoms with E-state index in [0.717, 1.165) is 31.3 Å². The molecule has 4 N–H and O–H groups in total. The molecule has 1 heterocycles. The molecule has 7 atom stereocenters. The van der Waals surface area contributed by atoms with Crippen molar-refractivity contribution in [2.45, 2.75) is 75.3 Å². The summed E-state index contributed by atoms with van der Waals surface area (Å²) in [6.07, 6.45) is 6.50. The zero-order valence-electron chi connectivity index (χ0n) is 15.2. The van der Waals surface area contributed by atoms with Crippen molar-refractivity contribution < 1.29 is 30.0 Å². The van der Waals surface area contributed by atoms with Gasteiger partial charge in [0.15, 0.2) is 0 Å². The first-order chi connectivity index (χ1) is 12.1. The molecule has 4 saturated carbocycles. The molecule has 26 heavy (non-hydrogen) atoms. The van der Waals surface area contributed by atoms with Crippen LogP contribution in [-0.4, -0.2) is 50.0 Å². The first-order valence-corrected chi connectivity index (χ1v) is 9.83. The lowest BCUT2D eigenvalue weighted by Crippen LogP contribution is -2.58. The molecule has 1 spiro atoms. The van der Waals surface area contributed by atoms with Crippen molar-refractivity contribution in [2.75, 3.05) is 6.61 Å². The van der Waals surface area contributed by atoms with E-state index < -0.39 is 29.6 Å². The van der Waals surface area contributed by atoms with Gasteiger partial charge in [-0.25, -0.2) is 4.79 Å². The van der Waals surface area contributed by atoms with Crippen molar-refractivity contribution in [3.63, 3.8) is 0 Å². The molecule has 7 unspecified atom stereocenters. The zero-order valence-corrected chi connectivity index (χ0v) is 15.2. The Morgan fingerprint density at radius 1 is 1.12 bits per heavy atom. The Hall–Kier alpha value is -0.950. The van der Waals surface area contributed by atoms with Crippen LogP contribution < -0.4 is 0 Å². The van der Waals surface area contributed by atoms with Crippen LogP contribution in [0, 0.1) is 22.7 Å². The van der Waals surface area contributed by atoms with Gasteiger partial charge in [-0.2, -0.15) is 0 Å². The fraction of sp³-hybridized carbons (Fsp3) is 0.850. The number of fused-ring (bicyclic) bond motifs is 5. The number of rotatable bonds is 1. The van der Waals surface area contributed by atoms with E-state index in [2.05, 4.69) is 6.92 Å². The second-order valence-electron chi connectivity index (χ2n) is 9.93. The van der Waals surface area contributed by atoms with Gasteiger partial charge in [-0.1, -0.05) is 6.92 Å². The number of esters is 1. The summed E-state index contributed by atoms with van der Waals surface area (Å²) >= 11 is 0. The molecule has 0 aromatic carbocycles. The maximum Gasteiger partial charge on any atom is 0.333 e. The van der Waals surface area contributed by atoms with Crippen molar-refractivity contribution in [3.8, 4) is 0 Å². The van der Waals surface area contributed by atoms with Gasteiger partial charge in [0.25, 0.3) is 0 Å². The van der Waals surface area contributed by atoms with E-state index in [-0.39, 0.29) is 22.7 Å². The Morgan fingerprint density at radius 2 is 1.88 bits per heavy atom. The molecule has 0 radical (unpaired) electrons. The van der Waals surface area contributed by atoms with Crippen LogP contribution >= 0.6 is 0 Å². The summed E-state index contributed by atoms with van der Waals surface area (Å²) in [5.74, 6) is -1.53. The molecule has 144 valence electrons. The highest BCUT2D eigenvalue weighted by Crippen LogP contribution is 2.73. The molecule has 2 bridgehead atoms. The lowest BCUT2D eigenvalue weighted by atomic mass is 9.43. The van der Waals surface area contributed by atoms with Crippen molar-refractivity contribution in [1.29, 1.82) is 0 Å². The van der Waals surface area contributed by atoms with Crippen molar-refractivity contribution in [1.82, 2.24) is 0 Å². The van der Waals surface area contributed by atoms with Crippen LogP contribution in [0.25, 0.3) is 0 Å². The van der Waals surface area contributed by atoms with E-state index >= 15 is 0 Å². The van der Waals surface area contributed by atoms with E-state index in [0.29, 0.717) is 25.7 Å². The van der Waals surface area contributed by atoms with E-state index in [4.69, 9.17) is 4.74 Å². The fourth-order valence-corrected chi connectivity index (χ4v) is 7.76. The Labute approximate surface area is 152 Å². The molecular formula is C20H28O6. The van der Waals surface area contributed by atoms with Crippen molar-refractivity contribution in [2.24, 2.45) is 22.7 Å². The van der Waals surface area contributed by atoms with Gasteiger partial charge in [0.2, 0.25) is 5.79 Å². The summed E-state index contributed by atoms with van der Waals surface area (Å²) in [5.41, 5.74) is -2.20. The van der Waals surface area contributed by atoms with Gasteiger partial charge in [-0.15, -0.1) is 0 Å². The normalized spacial score (nSPS) is 57.7. The number of carbonyl (C=O) groups excluding carboxylic acids is 1. The van der Waals surface area contributed by atoms with E-state index in [9.17, 15) is 25.2 Å². The molecule has 5 rings (SSSR count). The number of ether oxygens (including phenoxy) is 1. The smallest absolute Gasteiger partial charge is 0.333 e. The molecule has 0 aromatic rings. The standard InChI is InChI=1S/C20H28O6/c1-16-6-7-20(25)13(8-15(22)26-20)12(16)2-4-17-9-18(23,5-3-14(16)17)19(24,10-17)11-21/h8,12,14,21,23-25H,2-7,9-11H2,1H3. The third-order valence-electron chi connectivity index (χ3n) is 8.90. The third-order valence-corrected chi connectivity index (χ3v) is 8.90. The summed E-state index contributed by atoms with van der Waals surface area (Å²) in [7, 11) is 0. The first kappa shape index (κ1) is 17.2. The molecule has 5 aliphatic rings. The molecule has 0 amide bonds. The van der Waals surface area contributed by atoms with Crippen molar-refractivity contribution in [3.05, 3.63) is 11.6 Å². The zero-order chi connectivity index (χ0) is 18.6. The Morgan fingerprint density at radius 3 is 2.62 bits per heavy atom. The minimum Gasteiger partial charge on any atom is -0.426 e. The molecule has 6 heteroatoms. The van der Waals surface area contributed by atoms with Crippen molar-refractivity contribution >= 4 is 5.97 Å². The monoisotopic (exact) mass is 364 g/mol. The number of hydrogen-bond donors (Lipinski definition) is 4. The average molecular weight is 364 g/mol. The molecule has 4 aliphatic carbocycles. The number of carbonyl (C=O) groups is 1. The molecule has 0 aromatic heterocycles. The van der Waals surface area contributed by atoms with Gasteiger partial charge in [0.1, 0.15) is 5.60 Å². The molecule has 4 fully saturated rings. The first-order valence-electron chi connectivity index (χ1n) is 9.83. The Balaban J connectivity index is 1.56. The summed E-state index contributed by atoms with van der Waals surface area (Å²) in [6, 6.07) is 0. The quantitative estimate of drug-likeness (QED) is 0.518. The minimum absolute atomic E-state index is 0.0809. The molecule has 1 aliphatic heterocycles. The largest absolute Gasteiger partial charge is 0.426 e. The van der Waals surface area contributed by atoms with Gasteiger partial charge in [0.05, 0.1) is 12.2 Å². The average Bonchev–Trinajstić information content (AvgIpc) is 2.95. The molecule has 0 saturated heterocycles. The van der Waals surface area contributed by atoms with Crippen LogP contribution in [0.1, 0.15) is 58.3 Å². The van der Waals surface area contributed by atoms with Crippen LogP contribution in [0.5, 0.6) is 0 Å². The second kappa shape index (κ2) is 4.72. The highest BCUT2D eigenvalue weighted by Gasteiger charge is 2.72. The summed E-state index contributed by atoms with van der Waals surface area (Å²) in [4.78, 5) is 11.8. The number of aliphatic hydroxyl groups is 4. The lowest BCUT2D eigenvalue weighted by Gasteiger charge is -2.61. The molecule has 6 nitrogen and oxygen atoms in total. The second-order valence-corrected chi connectivity index (χ2v) is 9.93. The highest BCUT2D eigenvalue weighted by atomic mass is 16.7. The van der Waals surface area contributed by atoms with Crippen LogP contribution in [-0.2, 0) is 9.53 Å². The van der Waals surface area contributed by atoms with Crippen LogP contribution in [0.4, 0.5) is 0 Å². The van der Waals surface area contributed by atoms with E-state index in [1.165, 1.54) is 6.08 Å².